The number of carbonyl (C=O) groups excluding carboxylic acids is 1. The number of carbonyl (C=O) groups is 1. The number of phenols is 2. The molecule has 1 aromatic rings. The molecule has 2 unspecified atom stereocenters. The lowest BCUT2D eigenvalue weighted by molar-refractivity contribution is 0.103. The molecule has 0 bridgehead atoms. The molecule has 2 atom stereocenters. The Labute approximate surface area is 160 Å². The van der Waals surface area contributed by atoms with E-state index in [4.69, 9.17) is 0 Å². The summed E-state index contributed by atoms with van der Waals surface area (Å²) in [7, 11) is 0. The number of aliphatic hydroxyl groups excluding tert-OH is 1. The van der Waals surface area contributed by atoms with Crippen LogP contribution in [0.4, 0.5) is 0 Å². The first-order valence-electron chi connectivity index (χ1n) is 10.2. The van der Waals surface area contributed by atoms with E-state index in [2.05, 4.69) is 6.08 Å². The molecule has 0 spiro atoms. The number of ketones is 1. The van der Waals surface area contributed by atoms with Crippen molar-refractivity contribution in [1.82, 2.24) is 0 Å². The second-order valence-corrected chi connectivity index (χ2v) is 8.16. The number of aliphatic hydroxyl groups is 1. The lowest BCUT2D eigenvalue weighted by Crippen LogP contribution is -2.30. The molecule has 0 radical (unpaired) electrons. The van der Waals surface area contributed by atoms with Crippen molar-refractivity contribution >= 4 is 5.78 Å². The van der Waals surface area contributed by atoms with Gasteiger partial charge in [0, 0.05) is 33.9 Å². The zero-order chi connectivity index (χ0) is 19.3. The highest BCUT2D eigenvalue weighted by Crippen LogP contribution is 2.57. The maximum atomic E-state index is 12.8. The van der Waals surface area contributed by atoms with Gasteiger partial charge in [-0.05, 0) is 38.2 Å². The lowest BCUT2D eigenvalue weighted by atomic mass is 9.64. The van der Waals surface area contributed by atoms with Crippen LogP contribution in [0.5, 0.6) is 11.5 Å². The van der Waals surface area contributed by atoms with Gasteiger partial charge in [-0.1, -0.05) is 38.0 Å². The molecular weight excluding hydrogens is 340 g/mol. The number of hydrogen-bond acceptors (Lipinski definition) is 4. The van der Waals surface area contributed by atoms with Gasteiger partial charge < -0.3 is 15.3 Å². The monoisotopic (exact) mass is 368 g/mol. The highest BCUT2D eigenvalue weighted by Gasteiger charge is 2.43. The maximum Gasteiger partial charge on any atom is 0.189 e. The van der Waals surface area contributed by atoms with Crippen molar-refractivity contribution < 1.29 is 20.1 Å². The number of phenolic OH excluding ortho intramolecular Hbond substituents is 2. The van der Waals surface area contributed by atoms with Gasteiger partial charge in [0.05, 0.1) is 12.2 Å². The third-order valence-corrected chi connectivity index (χ3v) is 7.07. The van der Waals surface area contributed by atoms with Crippen LogP contribution in [0, 0.1) is 0 Å². The highest BCUT2D eigenvalue weighted by atomic mass is 16.3. The van der Waals surface area contributed by atoms with E-state index in [-0.39, 0.29) is 41.3 Å². The number of aromatic hydroxyl groups is 2. The molecule has 1 fully saturated rings. The van der Waals surface area contributed by atoms with Crippen LogP contribution < -0.4 is 0 Å². The summed E-state index contributed by atoms with van der Waals surface area (Å²) >= 11 is 0. The molecular formula is C23H28O4. The molecule has 3 aliphatic rings. The number of allylic oxidation sites excluding steroid dienone is 3. The van der Waals surface area contributed by atoms with Crippen LogP contribution in [0.1, 0.15) is 91.3 Å². The molecule has 0 amide bonds. The van der Waals surface area contributed by atoms with E-state index in [1.807, 2.05) is 19.9 Å². The summed E-state index contributed by atoms with van der Waals surface area (Å²) in [4.78, 5) is 12.8. The van der Waals surface area contributed by atoms with Crippen LogP contribution in [0.3, 0.4) is 0 Å². The Morgan fingerprint density at radius 1 is 1.11 bits per heavy atom. The molecule has 3 aliphatic carbocycles. The van der Waals surface area contributed by atoms with Crippen LogP contribution in [0.2, 0.25) is 0 Å². The average Bonchev–Trinajstić information content (AvgIpc) is 2.70. The fourth-order valence-corrected chi connectivity index (χ4v) is 5.51. The van der Waals surface area contributed by atoms with E-state index in [1.54, 1.807) is 6.08 Å². The topological polar surface area (TPSA) is 77.8 Å². The average molecular weight is 368 g/mol. The van der Waals surface area contributed by atoms with Crippen LogP contribution in [-0.2, 0) is 5.41 Å². The number of rotatable bonds is 3. The largest absolute Gasteiger partial charge is 0.507 e. The Balaban J connectivity index is 2.07. The second kappa shape index (κ2) is 6.52. The zero-order valence-electron chi connectivity index (χ0n) is 16.1. The van der Waals surface area contributed by atoms with Crippen molar-refractivity contribution in [2.75, 3.05) is 6.61 Å². The SMILES string of the molecule is CCC1(CC)C=CC(=O)c2c(O)c3c(c(O)c21)C(CO)C=C1CCCCC13. The summed E-state index contributed by atoms with van der Waals surface area (Å²) in [5.41, 5.74) is 2.85. The summed E-state index contributed by atoms with van der Waals surface area (Å²) in [6.45, 7) is 3.95. The molecule has 4 nitrogen and oxygen atoms in total. The molecule has 144 valence electrons. The van der Waals surface area contributed by atoms with E-state index in [0.717, 1.165) is 38.5 Å². The van der Waals surface area contributed by atoms with Crippen molar-refractivity contribution in [3.63, 3.8) is 0 Å². The van der Waals surface area contributed by atoms with Crippen molar-refractivity contribution in [2.24, 2.45) is 0 Å². The standard InChI is InChI=1S/C23H28O4/c1-3-23(4-2)10-9-16(25)19-20(23)22(27)17-14(12-24)11-13-7-5-6-8-15(13)18(17)21(19)26/h9-11,14-15,24,26-27H,3-8,12H2,1-2H3. The molecule has 0 aromatic heterocycles. The third-order valence-electron chi connectivity index (χ3n) is 7.07. The lowest BCUT2D eigenvalue weighted by Gasteiger charge is -2.40. The number of fused-ring (bicyclic) bond motifs is 4. The summed E-state index contributed by atoms with van der Waals surface area (Å²) in [6, 6.07) is 0. The third kappa shape index (κ3) is 2.42. The summed E-state index contributed by atoms with van der Waals surface area (Å²) in [5.74, 6) is -0.434. The second-order valence-electron chi connectivity index (χ2n) is 8.16. The van der Waals surface area contributed by atoms with E-state index < -0.39 is 5.41 Å². The Morgan fingerprint density at radius 2 is 1.85 bits per heavy atom. The maximum absolute atomic E-state index is 12.8. The van der Waals surface area contributed by atoms with Gasteiger partial charge in [0.15, 0.2) is 5.78 Å². The molecule has 1 saturated carbocycles. The molecule has 4 heteroatoms. The van der Waals surface area contributed by atoms with Gasteiger partial charge in [-0.2, -0.15) is 0 Å². The van der Waals surface area contributed by atoms with Gasteiger partial charge in [-0.25, -0.2) is 0 Å². The van der Waals surface area contributed by atoms with E-state index in [0.29, 0.717) is 16.7 Å². The van der Waals surface area contributed by atoms with Gasteiger partial charge in [-0.3, -0.25) is 4.79 Å². The van der Waals surface area contributed by atoms with E-state index in [9.17, 15) is 20.1 Å². The Morgan fingerprint density at radius 3 is 2.52 bits per heavy atom. The number of hydrogen-bond donors (Lipinski definition) is 3. The van der Waals surface area contributed by atoms with Crippen molar-refractivity contribution in [2.45, 2.75) is 69.6 Å². The van der Waals surface area contributed by atoms with Gasteiger partial charge in [0.1, 0.15) is 11.5 Å². The minimum absolute atomic E-state index is 0.0226. The molecule has 0 saturated heterocycles. The summed E-state index contributed by atoms with van der Waals surface area (Å²) in [5, 5.41) is 32.7. The summed E-state index contributed by atoms with van der Waals surface area (Å²) < 4.78 is 0. The van der Waals surface area contributed by atoms with Gasteiger partial charge in [0.25, 0.3) is 0 Å². The fraction of sp³-hybridized carbons (Fsp3) is 0.522. The predicted molar refractivity (Wildman–Crippen MR) is 105 cm³/mol. The molecule has 1 aromatic carbocycles. The predicted octanol–water partition coefficient (Wildman–Crippen LogP) is 4.58. The minimum Gasteiger partial charge on any atom is -0.507 e. The van der Waals surface area contributed by atoms with Crippen LogP contribution in [0.25, 0.3) is 0 Å². The van der Waals surface area contributed by atoms with Crippen LogP contribution >= 0.6 is 0 Å². The Kier molecular flexibility index (Phi) is 4.42. The minimum atomic E-state index is -0.476. The van der Waals surface area contributed by atoms with Gasteiger partial charge >= 0.3 is 0 Å². The van der Waals surface area contributed by atoms with E-state index in [1.165, 1.54) is 5.57 Å². The van der Waals surface area contributed by atoms with Crippen molar-refractivity contribution in [3.8, 4) is 11.5 Å². The van der Waals surface area contributed by atoms with Crippen molar-refractivity contribution in [1.29, 1.82) is 0 Å². The first-order chi connectivity index (χ1) is 13.0. The van der Waals surface area contributed by atoms with Gasteiger partial charge in [-0.15, -0.1) is 0 Å². The van der Waals surface area contributed by atoms with Gasteiger partial charge in [0.2, 0.25) is 0 Å². The van der Waals surface area contributed by atoms with E-state index >= 15 is 0 Å². The number of benzene rings is 1. The first-order valence-corrected chi connectivity index (χ1v) is 10.2. The normalized spacial score (nSPS) is 25.4. The van der Waals surface area contributed by atoms with Crippen LogP contribution in [-0.4, -0.2) is 27.7 Å². The van der Waals surface area contributed by atoms with Crippen molar-refractivity contribution in [3.05, 3.63) is 46.1 Å². The Hall–Kier alpha value is -2.07. The fourth-order valence-electron chi connectivity index (χ4n) is 5.51. The molecule has 0 heterocycles. The highest BCUT2D eigenvalue weighted by molar-refractivity contribution is 6.10. The molecule has 27 heavy (non-hydrogen) atoms. The quantitative estimate of drug-likeness (QED) is 0.539. The molecule has 4 rings (SSSR count). The summed E-state index contributed by atoms with van der Waals surface area (Å²) in [6.07, 6.45) is 11.0. The molecule has 3 N–H and O–H groups in total. The molecule has 0 aliphatic heterocycles. The van der Waals surface area contributed by atoms with Crippen LogP contribution in [0.15, 0.2) is 23.8 Å². The first kappa shape index (κ1) is 18.3. The zero-order valence-corrected chi connectivity index (χ0v) is 16.1. The Bertz CT molecular complexity index is 858. The smallest absolute Gasteiger partial charge is 0.189 e.